The maximum atomic E-state index is 13.7. The second-order valence-corrected chi connectivity index (χ2v) is 5.71. The van der Waals surface area contributed by atoms with Crippen molar-refractivity contribution in [2.45, 2.75) is 6.92 Å². The lowest BCUT2D eigenvalue weighted by molar-refractivity contribution is -0.138. The molecule has 0 heterocycles. The van der Waals surface area contributed by atoms with Gasteiger partial charge in [0.15, 0.2) is 0 Å². The predicted octanol–water partition coefficient (Wildman–Crippen LogP) is 1.07. The van der Waals surface area contributed by atoms with Gasteiger partial charge in [0.05, 0.1) is 19.1 Å². The van der Waals surface area contributed by atoms with E-state index in [9.17, 15) is 17.6 Å². The maximum absolute atomic E-state index is 13.7. The van der Waals surface area contributed by atoms with E-state index in [-0.39, 0.29) is 5.69 Å². The van der Waals surface area contributed by atoms with Gasteiger partial charge in [-0.3, -0.25) is 9.10 Å². The van der Waals surface area contributed by atoms with E-state index in [0.717, 1.165) is 13.4 Å². The summed E-state index contributed by atoms with van der Waals surface area (Å²) >= 11 is 0. The summed E-state index contributed by atoms with van der Waals surface area (Å²) in [7, 11) is -2.63. The number of ether oxygens (including phenoxy) is 1. The molecule has 100 valence electrons. The number of hydrogen-bond donors (Lipinski definition) is 0. The monoisotopic (exact) mass is 275 g/mol. The quantitative estimate of drug-likeness (QED) is 0.771. The molecule has 1 rings (SSSR count). The van der Waals surface area contributed by atoms with E-state index < -0.39 is 28.4 Å². The van der Waals surface area contributed by atoms with Crippen molar-refractivity contribution in [2.24, 2.45) is 0 Å². The second kappa shape index (κ2) is 5.34. The number of methoxy groups -OCH3 is 1. The Kier molecular flexibility index (Phi) is 4.28. The number of hydrogen-bond acceptors (Lipinski definition) is 4. The van der Waals surface area contributed by atoms with Crippen LogP contribution in [-0.4, -0.2) is 34.3 Å². The highest BCUT2D eigenvalue weighted by atomic mass is 32.2. The van der Waals surface area contributed by atoms with Crippen molar-refractivity contribution in [3.05, 3.63) is 29.6 Å². The molecule has 7 heteroatoms. The predicted molar refractivity (Wildman–Crippen MR) is 65.3 cm³/mol. The number of nitrogens with zero attached hydrogens (tertiary/aromatic N) is 1. The van der Waals surface area contributed by atoms with Gasteiger partial charge in [0.1, 0.15) is 12.4 Å². The summed E-state index contributed by atoms with van der Waals surface area (Å²) in [5.74, 6) is -1.47. The molecule has 1 aromatic rings. The first kappa shape index (κ1) is 14.4. The van der Waals surface area contributed by atoms with Gasteiger partial charge in [-0.15, -0.1) is 0 Å². The average Bonchev–Trinajstić information content (AvgIpc) is 2.25. The highest BCUT2D eigenvalue weighted by Crippen LogP contribution is 2.22. The lowest BCUT2D eigenvalue weighted by Gasteiger charge is -2.21. The number of benzene rings is 1. The van der Waals surface area contributed by atoms with E-state index in [1.807, 2.05) is 0 Å². The lowest BCUT2D eigenvalue weighted by Crippen LogP contribution is -2.36. The van der Waals surface area contributed by atoms with Gasteiger partial charge in [0.2, 0.25) is 10.0 Å². The van der Waals surface area contributed by atoms with Gasteiger partial charge >= 0.3 is 5.97 Å². The molecule has 0 amide bonds. The van der Waals surface area contributed by atoms with E-state index >= 15 is 0 Å². The van der Waals surface area contributed by atoms with Gasteiger partial charge in [-0.25, -0.2) is 12.8 Å². The zero-order valence-corrected chi connectivity index (χ0v) is 11.1. The highest BCUT2D eigenvalue weighted by Gasteiger charge is 2.23. The Morgan fingerprint density at radius 1 is 1.44 bits per heavy atom. The fraction of sp³-hybridized carbons (Fsp3) is 0.364. The number of rotatable bonds is 4. The van der Waals surface area contributed by atoms with Crippen LogP contribution in [0.4, 0.5) is 10.1 Å². The molecule has 18 heavy (non-hydrogen) atoms. The number of halogens is 1. The van der Waals surface area contributed by atoms with Crippen molar-refractivity contribution in [2.75, 3.05) is 24.2 Å². The number of sulfonamides is 1. The summed E-state index contributed by atoms with van der Waals surface area (Å²) in [6, 6.07) is 4.08. The molecule has 5 nitrogen and oxygen atoms in total. The summed E-state index contributed by atoms with van der Waals surface area (Å²) in [6.45, 7) is 1.12. The van der Waals surface area contributed by atoms with Gasteiger partial charge in [-0.1, -0.05) is 6.07 Å². The van der Waals surface area contributed by atoms with Crippen LogP contribution in [0.3, 0.4) is 0 Å². The van der Waals surface area contributed by atoms with Crippen LogP contribution in [0.1, 0.15) is 5.56 Å². The number of carbonyl (C=O) groups excluding carboxylic acids is 1. The molecule has 0 spiro atoms. The molecule has 0 aliphatic heterocycles. The van der Waals surface area contributed by atoms with Crippen LogP contribution in [0.15, 0.2) is 18.2 Å². The molecular weight excluding hydrogens is 261 g/mol. The van der Waals surface area contributed by atoms with Crippen LogP contribution in [0.5, 0.6) is 0 Å². The van der Waals surface area contributed by atoms with E-state index in [1.165, 1.54) is 12.1 Å². The van der Waals surface area contributed by atoms with E-state index in [1.54, 1.807) is 13.0 Å². The molecule has 0 aliphatic rings. The number of anilines is 1. The van der Waals surface area contributed by atoms with Gasteiger partial charge in [0, 0.05) is 0 Å². The molecule has 0 saturated heterocycles. The first-order chi connectivity index (χ1) is 8.25. The first-order valence-electron chi connectivity index (χ1n) is 5.06. The van der Waals surface area contributed by atoms with Crippen molar-refractivity contribution in [1.82, 2.24) is 0 Å². The van der Waals surface area contributed by atoms with E-state index in [2.05, 4.69) is 4.74 Å². The molecular formula is C11H14FNO4S. The second-order valence-electron chi connectivity index (χ2n) is 3.80. The number of carbonyl (C=O) groups is 1. The van der Waals surface area contributed by atoms with Crippen molar-refractivity contribution < 1.29 is 22.3 Å². The summed E-state index contributed by atoms with van der Waals surface area (Å²) in [4.78, 5) is 11.2. The van der Waals surface area contributed by atoms with Crippen molar-refractivity contribution in [1.29, 1.82) is 0 Å². The summed E-state index contributed by atoms with van der Waals surface area (Å²) in [5.41, 5.74) is 0.483. The third-order valence-electron chi connectivity index (χ3n) is 2.27. The van der Waals surface area contributed by atoms with Crippen LogP contribution in [0, 0.1) is 12.7 Å². The molecule has 1 aromatic carbocycles. The Labute approximate surface area is 105 Å². The summed E-state index contributed by atoms with van der Waals surface area (Å²) < 4.78 is 41.9. The largest absolute Gasteiger partial charge is 0.468 e. The molecule has 0 bridgehead atoms. The van der Waals surface area contributed by atoms with Crippen molar-refractivity contribution in [3.63, 3.8) is 0 Å². The molecule has 0 saturated carbocycles. The van der Waals surface area contributed by atoms with Crippen LogP contribution in [0.25, 0.3) is 0 Å². The summed E-state index contributed by atoms with van der Waals surface area (Å²) in [5, 5.41) is 0. The van der Waals surface area contributed by atoms with E-state index in [0.29, 0.717) is 9.87 Å². The number of aryl methyl sites for hydroxylation is 1. The van der Waals surface area contributed by atoms with Crippen molar-refractivity contribution >= 4 is 21.7 Å². The Balaban J connectivity index is 3.22. The molecule has 0 radical (unpaired) electrons. The fourth-order valence-corrected chi connectivity index (χ4v) is 2.22. The highest BCUT2D eigenvalue weighted by molar-refractivity contribution is 7.92. The van der Waals surface area contributed by atoms with Gasteiger partial charge < -0.3 is 4.74 Å². The van der Waals surface area contributed by atoms with Crippen LogP contribution >= 0.6 is 0 Å². The normalized spacial score (nSPS) is 11.1. The van der Waals surface area contributed by atoms with Crippen LogP contribution in [-0.2, 0) is 19.6 Å². The first-order valence-corrected chi connectivity index (χ1v) is 6.91. The summed E-state index contributed by atoms with van der Waals surface area (Å²) in [6.07, 6.45) is 0.898. The standard InChI is InChI=1S/C11H14FNO4S/c1-8-4-5-10(9(12)6-8)13(18(3,15)16)7-11(14)17-2/h4-6H,7H2,1-3H3. The third-order valence-corrected chi connectivity index (χ3v) is 3.40. The Bertz CT molecular complexity index is 556. The number of esters is 1. The zero-order valence-electron chi connectivity index (χ0n) is 10.3. The zero-order chi connectivity index (χ0) is 13.9. The smallest absolute Gasteiger partial charge is 0.326 e. The topological polar surface area (TPSA) is 63.7 Å². The minimum Gasteiger partial charge on any atom is -0.468 e. The third kappa shape index (κ3) is 3.43. The molecule has 0 aliphatic carbocycles. The van der Waals surface area contributed by atoms with Gasteiger partial charge in [-0.05, 0) is 24.6 Å². The minimum absolute atomic E-state index is 0.173. The minimum atomic E-state index is -3.77. The van der Waals surface area contributed by atoms with E-state index in [4.69, 9.17) is 0 Å². The molecule has 0 fully saturated rings. The fourth-order valence-electron chi connectivity index (χ4n) is 1.38. The average molecular weight is 275 g/mol. The Morgan fingerprint density at radius 2 is 2.06 bits per heavy atom. The Morgan fingerprint density at radius 3 is 2.50 bits per heavy atom. The van der Waals surface area contributed by atoms with Crippen LogP contribution in [0.2, 0.25) is 0 Å². The molecule has 0 atom stereocenters. The molecule has 0 N–H and O–H groups in total. The SMILES string of the molecule is COC(=O)CN(c1ccc(C)cc1F)S(C)(=O)=O. The van der Waals surface area contributed by atoms with Gasteiger partial charge in [0.25, 0.3) is 0 Å². The molecule has 0 unspecified atom stereocenters. The van der Waals surface area contributed by atoms with Crippen LogP contribution < -0.4 is 4.31 Å². The lowest BCUT2D eigenvalue weighted by atomic mass is 10.2. The van der Waals surface area contributed by atoms with Gasteiger partial charge in [-0.2, -0.15) is 0 Å². The van der Waals surface area contributed by atoms with Crippen molar-refractivity contribution in [3.8, 4) is 0 Å². The Hall–Kier alpha value is -1.63. The maximum Gasteiger partial charge on any atom is 0.326 e. The molecule has 0 aromatic heterocycles.